The molecular formula is C23H16Cl2F3N3O. The number of phenolic OH excluding ortho intramolecular Hbond substituents is 1. The van der Waals surface area contributed by atoms with Crippen LogP contribution in [0.2, 0.25) is 10.0 Å². The largest absolute Gasteiger partial charge is 0.505 e. The first-order valence-electron chi connectivity index (χ1n) is 9.47. The van der Waals surface area contributed by atoms with Crippen LogP contribution in [0, 0.1) is 6.92 Å². The smallest absolute Gasteiger partial charge is 0.416 e. The molecule has 2 aromatic heterocycles. The lowest BCUT2D eigenvalue weighted by Gasteiger charge is -2.24. The van der Waals surface area contributed by atoms with Gasteiger partial charge in [0.05, 0.1) is 16.6 Å². The van der Waals surface area contributed by atoms with E-state index in [9.17, 15) is 18.3 Å². The molecule has 0 spiro atoms. The van der Waals surface area contributed by atoms with Gasteiger partial charge in [0.2, 0.25) is 0 Å². The van der Waals surface area contributed by atoms with Gasteiger partial charge >= 0.3 is 6.18 Å². The summed E-state index contributed by atoms with van der Waals surface area (Å²) >= 11 is 12.3. The number of aromatic nitrogens is 2. The predicted octanol–water partition coefficient (Wildman–Crippen LogP) is 7.17. The number of nitrogens with one attached hydrogen (secondary N) is 1. The minimum Gasteiger partial charge on any atom is -0.505 e. The maximum Gasteiger partial charge on any atom is 0.416 e. The highest BCUT2D eigenvalue weighted by Crippen LogP contribution is 2.41. The molecule has 9 heteroatoms. The Morgan fingerprint density at radius 1 is 1.00 bits per heavy atom. The quantitative estimate of drug-likeness (QED) is 0.327. The SMILES string of the molecule is Cc1cc(Cl)cnc1NC(c1cc(C(F)(F)F)ccc1Cl)c1ccc2cccnc2c1O. The van der Waals surface area contributed by atoms with Crippen molar-refractivity contribution in [3.8, 4) is 5.75 Å². The summed E-state index contributed by atoms with van der Waals surface area (Å²) in [7, 11) is 0. The van der Waals surface area contributed by atoms with Gasteiger partial charge in [0, 0.05) is 28.4 Å². The fourth-order valence-electron chi connectivity index (χ4n) is 3.47. The third kappa shape index (κ3) is 4.31. The van der Waals surface area contributed by atoms with E-state index in [-0.39, 0.29) is 16.3 Å². The maximum absolute atomic E-state index is 13.4. The summed E-state index contributed by atoms with van der Waals surface area (Å²) in [6.45, 7) is 1.76. The van der Waals surface area contributed by atoms with Crippen molar-refractivity contribution in [2.75, 3.05) is 5.32 Å². The number of benzene rings is 2. The molecular weight excluding hydrogens is 462 g/mol. The lowest BCUT2D eigenvalue weighted by atomic mass is 9.94. The number of halogens is 5. The van der Waals surface area contributed by atoms with Crippen molar-refractivity contribution in [2.24, 2.45) is 0 Å². The molecule has 1 unspecified atom stereocenters. The first kappa shape index (κ1) is 22.2. The minimum absolute atomic E-state index is 0.0997. The Kier molecular flexibility index (Phi) is 5.88. The average molecular weight is 478 g/mol. The van der Waals surface area contributed by atoms with Gasteiger partial charge in [0.15, 0.2) is 0 Å². The van der Waals surface area contributed by atoms with E-state index in [0.29, 0.717) is 32.9 Å². The van der Waals surface area contributed by atoms with Gasteiger partial charge in [-0.2, -0.15) is 13.2 Å². The molecule has 32 heavy (non-hydrogen) atoms. The summed E-state index contributed by atoms with van der Waals surface area (Å²) < 4.78 is 40.3. The first-order valence-corrected chi connectivity index (χ1v) is 10.2. The number of hydrogen-bond donors (Lipinski definition) is 2. The monoisotopic (exact) mass is 477 g/mol. The summed E-state index contributed by atoms with van der Waals surface area (Å²) in [6, 6.07) is 10.6. The van der Waals surface area contributed by atoms with E-state index in [1.54, 1.807) is 37.3 Å². The normalized spacial score (nSPS) is 12.7. The minimum atomic E-state index is -4.56. The van der Waals surface area contributed by atoms with Crippen LogP contribution in [-0.4, -0.2) is 15.1 Å². The molecule has 0 radical (unpaired) electrons. The summed E-state index contributed by atoms with van der Waals surface area (Å²) in [4.78, 5) is 8.46. The second-order valence-electron chi connectivity index (χ2n) is 7.21. The van der Waals surface area contributed by atoms with E-state index < -0.39 is 17.8 Å². The molecule has 0 saturated heterocycles. The topological polar surface area (TPSA) is 58.0 Å². The number of nitrogens with zero attached hydrogens (tertiary/aromatic N) is 2. The van der Waals surface area contributed by atoms with Crippen LogP contribution in [0.4, 0.5) is 19.0 Å². The molecule has 0 fully saturated rings. The van der Waals surface area contributed by atoms with E-state index in [1.807, 2.05) is 0 Å². The molecule has 2 aromatic carbocycles. The van der Waals surface area contributed by atoms with Gasteiger partial charge in [-0.15, -0.1) is 0 Å². The van der Waals surface area contributed by atoms with Crippen LogP contribution < -0.4 is 5.32 Å². The fraction of sp³-hybridized carbons (Fsp3) is 0.130. The number of fused-ring (bicyclic) bond motifs is 1. The highest BCUT2D eigenvalue weighted by molar-refractivity contribution is 6.31. The molecule has 4 nitrogen and oxygen atoms in total. The van der Waals surface area contributed by atoms with E-state index >= 15 is 0 Å². The van der Waals surface area contributed by atoms with Crippen molar-refractivity contribution >= 4 is 39.9 Å². The average Bonchev–Trinajstić information content (AvgIpc) is 2.74. The molecule has 0 aliphatic rings. The molecule has 0 aliphatic carbocycles. The summed E-state index contributed by atoms with van der Waals surface area (Å²) in [5, 5.41) is 15.3. The van der Waals surface area contributed by atoms with E-state index in [4.69, 9.17) is 23.2 Å². The van der Waals surface area contributed by atoms with Crippen LogP contribution >= 0.6 is 23.2 Å². The fourth-order valence-corrected chi connectivity index (χ4v) is 3.91. The van der Waals surface area contributed by atoms with Crippen molar-refractivity contribution in [2.45, 2.75) is 19.1 Å². The van der Waals surface area contributed by atoms with Crippen LogP contribution in [0.1, 0.15) is 28.3 Å². The van der Waals surface area contributed by atoms with Gasteiger partial charge in [-0.05, 0) is 48.4 Å². The molecule has 0 saturated carbocycles. The molecule has 2 N–H and O–H groups in total. The zero-order valence-corrected chi connectivity index (χ0v) is 18.1. The number of aromatic hydroxyl groups is 1. The van der Waals surface area contributed by atoms with Crippen molar-refractivity contribution in [3.63, 3.8) is 0 Å². The Hall–Kier alpha value is -3.03. The van der Waals surface area contributed by atoms with Crippen LogP contribution in [0.15, 0.2) is 60.9 Å². The summed E-state index contributed by atoms with van der Waals surface area (Å²) in [5.74, 6) is 0.217. The van der Waals surface area contributed by atoms with Gasteiger partial charge in [-0.1, -0.05) is 41.4 Å². The molecule has 0 amide bonds. The van der Waals surface area contributed by atoms with Gasteiger partial charge in [-0.25, -0.2) is 4.98 Å². The highest BCUT2D eigenvalue weighted by atomic mass is 35.5. The summed E-state index contributed by atoms with van der Waals surface area (Å²) in [5.41, 5.74) is 0.560. The lowest BCUT2D eigenvalue weighted by Crippen LogP contribution is -2.16. The van der Waals surface area contributed by atoms with E-state index in [0.717, 1.165) is 12.1 Å². The Labute approximate surface area is 191 Å². The van der Waals surface area contributed by atoms with E-state index in [1.165, 1.54) is 18.5 Å². The number of phenols is 1. The second-order valence-corrected chi connectivity index (χ2v) is 8.05. The zero-order chi connectivity index (χ0) is 23.0. The molecule has 2 heterocycles. The van der Waals surface area contributed by atoms with E-state index in [2.05, 4.69) is 15.3 Å². The third-order valence-corrected chi connectivity index (χ3v) is 5.60. The van der Waals surface area contributed by atoms with Crippen LogP contribution in [0.3, 0.4) is 0 Å². The number of aryl methyl sites for hydroxylation is 1. The van der Waals surface area contributed by atoms with Crippen LogP contribution in [0.5, 0.6) is 5.75 Å². The Balaban J connectivity index is 1.93. The number of hydrogen-bond acceptors (Lipinski definition) is 4. The molecule has 4 aromatic rings. The van der Waals surface area contributed by atoms with Crippen molar-refractivity contribution < 1.29 is 18.3 Å². The second kappa shape index (κ2) is 8.48. The Morgan fingerprint density at radius 3 is 2.50 bits per heavy atom. The number of alkyl halides is 3. The number of rotatable bonds is 4. The van der Waals surface area contributed by atoms with Gasteiger partial charge < -0.3 is 10.4 Å². The highest BCUT2D eigenvalue weighted by Gasteiger charge is 2.33. The molecule has 0 bridgehead atoms. The van der Waals surface area contributed by atoms with Crippen molar-refractivity contribution in [1.29, 1.82) is 0 Å². The maximum atomic E-state index is 13.4. The van der Waals surface area contributed by atoms with Crippen molar-refractivity contribution in [1.82, 2.24) is 9.97 Å². The molecule has 1 atom stereocenters. The molecule has 164 valence electrons. The molecule has 4 rings (SSSR count). The number of pyridine rings is 2. The van der Waals surface area contributed by atoms with Crippen LogP contribution in [-0.2, 0) is 6.18 Å². The lowest BCUT2D eigenvalue weighted by molar-refractivity contribution is -0.137. The van der Waals surface area contributed by atoms with Crippen molar-refractivity contribution in [3.05, 3.63) is 93.2 Å². The number of anilines is 1. The predicted molar refractivity (Wildman–Crippen MR) is 119 cm³/mol. The van der Waals surface area contributed by atoms with Gasteiger partial charge in [-0.3, -0.25) is 4.98 Å². The third-order valence-electron chi connectivity index (χ3n) is 5.05. The first-order chi connectivity index (χ1) is 15.1. The molecule has 0 aliphatic heterocycles. The summed E-state index contributed by atoms with van der Waals surface area (Å²) in [6.07, 6.45) is -1.62. The Morgan fingerprint density at radius 2 is 1.78 bits per heavy atom. The van der Waals surface area contributed by atoms with Crippen LogP contribution in [0.25, 0.3) is 10.9 Å². The standard InChI is InChI=1S/C23H16Cl2F3N3O/c1-12-9-15(24)11-30-22(12)31-20(17-10-14(23(26,27)28)5-7-18(17)25)16-6-4-13-3-2-8-29-19(13)21(16)32/h2-11,20,32H,1H3,(H,30,31). The zero-order valence-electron chi connectivity index (χ0n) is 16.6. The van der Waals surface area contributed by atoms with Gasteiger partial charge in [0.25, 0.3) is 0 Å². The Bertz CT molecular complexity index is 1310. The van der Waals surface area contributed by atoms with Gasteiger partial charge in [0.1, 0.15) is 17.1 Å².